The van der Waals surface area contributed by atoms with Crippen LogP contribution >= 0.6 is 0 Å². The van der Waals surface area contributed by atoms with Gasteiger partial charge in [0, 0.05) is 30.2 Å². The van der Waals surface area contributed by atoms with Crippen molar-refractivity contribution < 1.29 is 19.1 Å². The van der Waals surface area contributed by atoms with Crippen molar-refractivity contribution in [1.29, 1.82) is 0 Å². The minimum atomic E-state index is -0.197. The first-order valence-electron chi connectivity index (χ1n) is 9.86. The lowest BCUT2D eigenvalue weighted by molar-refractivity contribution is -0.116. The van der Waals surface area contributed by atoms with E-state index < -0.39 is 0 Å². The summed E-state index contributed by atoms with van der Waals surface area (Å²) in [6.45, 7) is 2.43. The normalized spacial score (nSPS) is 12.8. The number of carbonyl (C=O) groups is 2. The van der Waals surface area contributed by atoms with Crippen LogP contribution in [0.25, 0.3) is 0 Å². The monoisotopic (exact) mass is 381 g/mol. The molecule has 5 nitrogen and oxygen atoms in total. The van der Waals surface area contributed by atoms with E-state index in [9.17, 15) is 9.59 Å². The maximum atomic E-state index is 12.5. The molecular weight excluding hydrogens is 354 g/mol. The Morgan fingerprint density at radius 2 is 1.75 bits per heavy atom. The molecule has 0 atom stereocenters. The van der Waals surface area contributed by atoms with Crippen LogP contribution in [0.1, 0.15) is 54.1 Å². The number of benzene rings is 2. The van der Waals surface area contributed by atoms with Crippen molar-refractivity contribution in [3.63, 3.8) is 0 Å². The molecule has 0 spiro atoms. The van der Waals surface area contributed by atoms with E-state index in [2.05, 4.69) is 11.4 Å². The minimum absolute atomic E-state index is 0.00722. The van der Waals surface area contributed by atoms with Gasteiger partial charge in [0.15, 0.2) is 17.3 Å². The number of ether oxygens (including phenoxy) is 2. The number of methoxy groups -OCH3 is 1. The summed E-state index contributed by atoms with van der Waals surface area (Å²) >= 11 is 0. The highest BCUT2D eigenvalue weighted by molar-refractivity contribution is 6.00. The van der Waals surface area contributed by atoms with Crippen LogP contribution in [-0.4, -0.2) is 25.4 Å². The van der Waals surface area contributed by atoms with Gasteiger partial charge >= 0.3 is 0 Å². The highest BCUT2D eigenvalue weighted by Gasteiger charge is 2.14. The molecule has 28 heavy (non-hydrogen) atoms. The Hall–Kier alpha value is -2.82. The zero-order chi connectivity index (χ0) is 19.9. The second kappa shape index (κ2) is 9.40. The summed E-state index contributed by atoms with van der Waals surface area (Å²) in [6, 6.07) is 11.2. The van der Waals surface area contributed by atoms with E-state index in [4.69, 9.17) is 9.47 Å². The molecule has 0 bridgehead atoms. The summed E-state index contributed by atoms with van der Waals surface area (Å²) in [7, 11) is 1.56. The van der Waals surface area contributed by atoms with Gasteiger partial charge < -0.3 is 14.8 Å². The zero-order valence-corrected chi connectivity index (χ0v) is 16.5. The Balaban J connectivity index is 1.56. The minimum Gasteiger partial charge on any atom is -0.493 e. The number of ketones is 1. The van der Waals surface area contributed by atoms with Crippen LogP contribution in [0.4, 0.5) is 5.69 Å². The summed E-state index contributed by atoms with van der Waals surface area (Å²) in [5.41, 5.74) is 3.95. The lowest BCUT2D eigenvalue weighted by Crippen LogP contribution is -2.14. The van der Waals surface area contributed by atoms with Crippen LogP contribution in [-0.2, 0) is 17.6 Å². The third-order valence-electron chi connectivity index (χ3n) is 5.00. The van der Waals surface area contributed by atoms with Gasteiger partial charge in [0.2, 0.25) is 5.91 Å². The first-order chi connectivity index (χ1) is 13.6. The third-order valence-corrected chi connectivity index (χ3v) is 5.00. The molecule has 0 heterocycles. The fraction of sp³-hybridized carbons (Fsp3) is 0.391. The van der Waals surface area contributed by atoms with E-state index in [1.807, 2.05) is 19.1 Å². The van der Waals surface area contributed by atoms with E-state index in [0.717, 1.165) is 12.8 Å². The number of amides is 1. The molecule has 1 aliphatic carbocycles. The van der Waals surface area contributed by atoms with E-state index in [1.165, 1.54) is 24.0 Å². The maximum Gasteiger partial charge on any atom is 0.224 e. The molecule has 1 amide bonds. The second-order valence-electron chi connectivity index (χ2n) is 6.96. The Labute approximate surface area is 166 Å². The molecule has 0 aliphatic heterocycles. The van der Waals surface area contributed by atoms with Crippen LogP contribution in [0.15, 0.2) is 36.4 Å². The standard InChI is InChI=1S/C23H27NO4/c1-3-28-21-12-10-19(15-22(21)27-2)24-23(26)13-11-20(25)18-9-8-16-6-4-5-7-17(16)14-18/h8-10,12,14-15H,3-7,11,13H2,1-2H3,(H,24,26). The van der Waals surface area contributed by atoms with Crippen molar-refractivity contribution in [3.05, 3.63) is 53.1 Å². The average molecular weight is 381 g/mol. The van der Waals surface area contributed by atoms with Gasteiger partial charge in [-0.3, -0.25) is 9.59 Å². The van der Waals surface area contributed by atoms with Crippen molar-refractivity contribution in [2.24, 2.45) is 0 Å². The van der Waals surface area contributed by atoms with Crippen LogP contribution in [0.5, 0.6) is 11.5 Å². The van der Waals surface area contributed by atoms with Crippen LogP contribution in [0.2, 0.25) is 0 Å². The number of fused-ring (bicyclic) bond motifs is 1. The molecule has 0 saturated heterocycles. The summed E-state index contributed by atoms with van der Waals surface area (Å²) in [5, 5.41) is 2.82. The number of rotatable bonds is 8. The molecule has 1 aliphatic rings. The second-order valence-corrected chi connectivity index (χ2v) is 6.96. The van der Waals surface area contributed by atoms with Gasteiger partial charge in [-0.05, 0) is 61.9 Å². The van der Waals surface area contributed by atoms with Gasteiger partial charge in [0.25, 0.3) is 0 Å². The number of anilines is 1. The summed E-state index contributed by atoms with van der Waals surface area (Å²) in [6.07, 6.45) is 4.87. The summed E-state index contributed by atoms with van der Waals surface area (Å²) in [5.74, 6) is 1.00. The predicted octanol–water partition coefficient (Wildman–Crippen LogP) is 4.57. The topological polar surface area (TPSA) is 64.6 Å². The first-order valence-corrected chi connectivity index (χ1v) is 9.86. The fourth-order valence-corrected chi connectivity index (χ4v) is 3.52. The Morgan fingerprint density at radius 3 is 2.50 bits per heavy atom. The molecule has 1 N–H and O–H groups in total. The van der Waals surface area contributed by atoms with E-state index >= 15 is 0 Å². The quantitative estimate of drug-likeness (QED) is 0.680. The van der Waals surface area contributed by atoms with E-state index in [1.54, 1.807) is 25.3 Å². The van der Waals surface area contributed by atoms with Gasteiger partial charge in [0.1, 0.15) is 0 Å². The van der Waals surface area contributed by atoms with Crippen molar-refractivity contribution in [3.8, 4) is 11.5 Å². The number of hydrogen-bond donors (Lipinski definition) is 1. The Morgan fingerprint density at radius 1 is 0.964 bits per heavy atom. The van der Waals surface area contributed by atoms with Gasteiger partial charge in [-0.1, -0.05) is 12.1 Å². The van der Waals surface area contributed by atoms with Crippen LogP contribution < -0.4 is 14.8 Å². The molecule has 0 radical (unpaired) electrons. The highest BCUT2D eigenvalue weighted by Crippen LogP contribution is 2.30. The van der Waals surface area contributed by atoms with Gasteiger partial charge in [-0.25, -0.2) is 0 Å². The summed E-state index contributed by atoms with van der Waals surface area (Å²) in [4.78, 5) is 24.7. The summed E-state index contributed by atoms with van der Waals surface area (Å²) < 4.78 is 10.8. The molecule has 148 valence electrons. The predicted molar refractivity (Wildman–Crippen MR) is 109 cm³/mol. The third kappa shape index (κ3) is 4.91. The Kier molecular flexibility index (Phi) is 6.69. The molecule has 5 heteroatoms. The average Bonchev–Trinajstić information content (AvgIpc) is 2.72. The van der Waals surface area contributed by atoms with Gasteiger partial charge in [0.05, 0.1) is 13.7 Å². The molecule has 0 aromatic heterocycles. The SMILES string of the molecule is CCOc1ccc(NC(=O)CCC(=O)c2ccc3c(c2)CCCC3)cc1OC. The molecule has 0 unspecified atom stereocenters. The number of nitrogens with one attached hydrogen (secondary N) is 1. The number of Topliss-reactive ketones (excluding diaryl/α,β-unsaturated/α-hetero) is 1. The molecule has 0 fully saturated rings. The van der Waals surface area contributed by atoms with Crippen molar-refractivity contribution in [2.45, 2.75) is 45.4 Å². The van der Waals surface area contributed by atoms with Crippen molar-refractivity contribution in [1.82, 2.24) is 0 Å². The van der Waals surface area contributed by atoms with Crippen LogP contribution in [0, 0.1) is 0 Å². The molecular formula is C23H27NO4. The smallest absolute Gasteiger partial charge is 0.224 e. The number of hydrogen-bond acceptors (Lipinski definition) is 4. The zero-order valence-electron chi connectivity index (χ0n) is 16.5. The number of carbonyl (C=O) groups excluding carboxylic acids is 2. The molecule has 2 aromatic carbocycles. The molecule has 3 rings (SSSR count). The van der Waals surface area contributed by atoms with Crippen molar-refractivity contribution in [2.75, 3.05) is 19.0 Å². The Bertz CT molecular complexity index is 860. The van der Waals surface area contributed by atoms with E-state index in [-0.39, 0.29) is 24.5 Å². The molecule has 0 saturated carbocycles. The van der Waals surface area contributed by atoms with Crippen LogP contribution in [0.3, 0.4) is 0 Å². The van der Waals surface area contributed by atoms with Gasteiger partial charge in [-0.2, -0.15) is 0 Å². The van der Waals surface area contributed by atoms with E-state index in [0.29, 0.717) is 29.4 Å². The number of aryl methyl sites for hydroxylation is 2. The van der Waals surface area contributed by atoms with Crippen molar-refractivity contribution >= 4 is 17.4 Å². The highest BCUT2D eigenvalue weighted by atomic mass is 16.5. The first kappa shape index (κ1) is 19.9. The fourth-order valence-electron chi connectivity index (χ4n) is 3.52. The maximum absolute atomic E-state index is 12.5. The lowest BCUT2D eigenvalue weighted by Gasteiger charge is -2.16. The lowest BCUT2D eigenvalue weighted by atomic mass is 9.89. The molecule has 2 aromatic rings. The van der Waals surface area contributed by atoms with Gasteiger partial charge in [-0.15, -0.1) is 0 Å². The largest absolute Gasteiger partial charge is 0.493 e.